The Morgan fingerprint density at radius 2 is 1.83 bits per heavy atom. The molecule has 0 spiro atoms. The Morgan fingerprint density at radius 3 is 2.59 bits per heavy atom. The van der Waals surface area contributed by atoms with Gasteiger partial charge in [0.15, 0.2) is 5.43 Å². The Balaban J connectivity index is 1.70. The topological polar surface area (TPSA) is 96.6 Å². The van der Waals surface area contributed by atoms with E-state index in [2.05, 4.69) is 5.32 Å². The quantitative estimate of drug-likeness (QED) is 0.663. The number of carboxylic acid groups (broad SMARTS) is 1. The molecule has 1 aliphatic carbocycles. The first kappa shape index (κ1) is 18.4. The minimum Gasteiger partial charge on any atom is -0.478 e. The van der Waals surface area contributed by atoms with Gasteiger partial charge in [0.25, 0.3) is 0 Å². The lowest BCUT2D eigenvalue weighted by molar-refractivity contribution is -0.131. The van der Waals surface area contributed by atoms with Gasteiger partial charge < -0.3 is 14.8 Å². The van der Waals surface area contributed by atoms with Crippen molar-refractivity contribution < 1.29 is 19.1 Å². The van der Waals surface area contributed by atoms with Crippen molar-refractivity contribution in [1.82, 2.24) is 0 Å². The number of hydrogen-bond donors (Lipinski definition) is 2. The number of carbonyl (C=O) groups excluding carboxylic acids is 1. The lowest BCUT2D eigenvalue weighted by Gasteiger charge is -2.07. The SMILES string of the molecule is O=C(O)/C=C/C(=O)Nc1ccc2oc3c(c(=O)c2c1)CCC3=Cc1ccccc1. The van der Waals surface area contributed by atoms with Gasteiger partial charge in [-0.2, -0.15) is 0 Å². The van der Waals surface area contributed by atoms with E-state index in [1.807, 2.05) is 36.4 Å². The van der Waals surface area contributed by atoms with Crippen LogP contribution in [0, 0.1) is 0 Å². The Kier molecular flexibility index (Phi) is 4.83. The van der Waals surface area contributed by atoms with Crippen LogP contribution in [0.4, 0.5) is 5.69 Å². The molecule has 144 valence electrons. The van der Waals surface area contributed by atoms with Crippen molar-refractivity contribution >= 4 is 40.2 Å². The number of rotatable bonds is 4. The standard InChI is InChI=1S/C23H17NO5/c25-20(10-11-21(26)27)24-16-7-9-19-18(13-16)22(28)17-8-6-15(23(17)29-19)12-14-4-2-1-3-5-14/h1-5,7,9-13H,6,8H2,(H,24,25)(H,26,27)/b11-10+,15-12?. The number of anilines is 1. The first-order chi connectivity index (χ1) is 14.0. The highest BCUT2D eigenvalue weighted by Crippen LogP contribution is 2.34. The highest BCUT2D eigenvalue weighted by molar-refractivity contribution is 6.03. The average molecular weight is 387 g/mol. The number of carbonyl (C=O) groups is 2. The van der Waals surface area contributed by atoms with E-state index in [0.29, 0.717) is 34.4 Å². The molecule has 3 aromatic rings. The fourth-order valence-corrected chi connectivity index (χ4v) is 3.39. The monoisotopic (exact) mass is 387 g/mol. The van der Waals surface area contributed by atoms with Gasteiger partial charge in [-0.3, -0.25) is 9.59 Å². The van der Waals surface area contributed by atoms with Crippen molar-refractivity contribution in [2.24, 2.45) is 0 Å². The molecule has 2 aromatic carbocycles. The van der Waals surface area contributed by atoms with Crippen LogP contribution < -0.4 is 10.7 Å². The maximum Gasteiger partial charge on any atom is 0.328 e. The summed E-state index contributed by atoms with van der Waals surface area (Å²) in [5, 5.41) is 11.5. The fourth-order valence-electron chi connectivity index (χ4n) is 3.39. The molecule has 0 bridgehead atoms. The predicted octanol–water partition coefficient (Wildman–Crippen LogP) is 3.86. The Morgan fingerprint density at radius 1 is 1.03 bits per heavy atom. The molecule has 0 atom stereocenters. The number of benzene rings is 2. The highest BCUT2D eigenvalue weighted by atomic mass is 16.4. The van der Waals surface area contributed by atoms with E-state index in [4.69, 9.17) is 9.52 Å². The van der Waals surface area contributed by atoms with Gasteiger partial charge in [0.1, 0.15) is 11.3 Å². The van der Waals surface area contributed by atoms with Gasteiger partial charge in [0.05, 0.1) is 5.39 Å². The molecule has 6 nitrogen and oxygen atoms in total. The predicted molar refractivity (Wildman–Crippen MR) is 111 cm³/mol. The van der Waals surface area contributed by atoms with Gasteiger partial charge in [-0.15, -0.1) is 0 Å². The number of hydrogen-bond acceptors (Lipinski definition) is 4. The number of carboxylic acids is 1. The lowest BCUT2D eigenvalue weighted by Crippen LogP contribution is -2.11. The maximum absolute atomic E-state index is 13.0. The highest BCUT2D eigenvalue weighted by Gasteiger charge is 2.24. The van der Waals surface area contributed by atoms with Crippen molar-refractivity contribution in [1.29, 1.82) is 0 Å². The fraction of sp³-hybridized carbons (Fsp3) is 0.0870. The number of fused-ring (bicyclic) bond motifs is 2. The van der Waals surface area contributed by atoms with Crippen LogP contribution in [-0.4, -0.2) is 17.0 Å². The van der Waals surface area contributed by atoms with Gasteiger partial charge in [-0.1, -0.05) is 30.3 Å². The molecule has 1 amide bonds. The van der Waals surface area contributed by atoms with Gasteiger partial charge in [0, 0.05) is 23.4 Å². The van der Waals surface area contributed by atoms with Crippen LogP contribution in [0.1, 0.15) is 23.3 Å². The van der Waals surface area contributed by atoms with E-state index < -0.39 is 11.9 Å². The minimum absolute atomic E-state index is 0.116. The van der Waals surface area contributed by atoms with Crippen LogP contribution in [0.2, 0.25) is 0 Å². The molecule has 29 heavy (non-hydrogen) atoms. The summed E-state index contributed by atoms with van der Waals surface area (Å²) in [4.78, 5) is 35.3. The zero-order valence-corrected chi connectivity index (χ0v) is 15.3. The van der Waals surface area contributed by atoms with Crippen molar-refractivity contribution in [2.75, 3.05) is 5.32 Å². The first-order valence-electron chi connectivity index (χ1n) is 9.09. The summed E-state index contributed by atoms with van der Waals surface area (Å²) in [6, 6.07) is 14.7. The number of nitrogens with one attached hydrogen (secondary N) is 1. The van der Waals surface area contributed by atoms with Gasteiger partial charge >= 0.3 is 5.97 Å². The first-order valence-corrected chi connectivity index (χ1v) is 9.09. The third-order valence-electron chi connectivity index (χ3n) is 4.71. The van der Waals surface area contributed by atoms with Gasteiger partial charge in [-0.25, -0.2) is 4.79 Å². The molecule has 4 rings (SSSR count). The third-order valence-corrected chi connectivity index (χ3v) is 4.71. The Labute approximate surface area is 165 Å². The average Bonchev–Trinajstić information content (AvgIpc) is 3.11. The molecule has 0 saturated carbocycles. The minimum atomic E-state index is -1.21. The van der Waals surface area contributed by atoms with Gasteiger partial charge in [0.2, 0.25) is 5.91 Å². The molecule has 0 unspecified atom stereocenters. The van der Waals surface area contributed by atoms with Gasteiger partial charge in [-0.05, 0) is 48.3 Å². The van der Waals surface area contributed by atoms with E-state index in [-0.39, 0.29) is 5.43 Å². The second kappa shape index (κ2) is 7.59. The molecule has 1 heterocycles. The maximum atomic E-state index is 13.0. The van der Waals surface area contributed by atoms with Crippen LogP contribution >= 0.6 is 0 Å². The summed E-state index contributed by atoms with van der Waals surface area (Å²) in [7, 11) is 0. The molecule has 0 aliphatic heterocycles. The zero-order chi connectivity index (χ0) is 20.4. The Bertz CT molecular complexity index is 1240. The van der Waals surface area contributed by atoms with E-state index in [1.165, 1.54) is 0 Å². The van der Waals surface area contributed by atoms with Crippen molar-refractivity contribution in [3.63, 3.8) is 0 Å². The lowest BCUT2D eigenvalue weighted by atomic mass is 10.1. The number of allylic oxidation sites excluding steroid dienone is 1. The summed E-state index contributed by atoms with van der Waals surface area (Å²) in [6.07, 6.45) is 5.02. The van der Waals surface area contributed by atoms with Crippen LogP contribution in [0.3, 0.4) is 0 Å². The molecule has 6 heteroatoms. The normalized spacial score (nSPS) is 14.4. The summed E-state index contributed by atoms with van der Waals surface area (Å²) < 4.78 is 6.04. The Hall–Kier alpha value is -3.93. The number of aliphatic carboxylic acids is 1. The summed E-state index contributed by atoms with van der Waals surface area (Å²) in [5.74, 6) is -1.19. The van der Waals surface area contributed by atoms with E-state index in [1.54, 1.807) is 18.2 Å². The molecule has 0 saturated heterocycles. The third kappa shape index (κ3) is 3.87. The van der Waals surface area contributed by atoms with Crippen LogP contribution in [0.15, 0.2) is 69.9 Å². The summed E-state index contributed by atoms with van der Waals surface area (Å²) in [6.45, 7) is 0. The molecule has 0 fully saturated rings. The summed E-state index contributed by atoms with van der Waals surface area (Å²) >= 11 is 0. The van der Waals surface area contributed by atoms with Crippen molar-refractivity contribution in [2.45, 2.75) is 12.8 Å². The van der Waals surface area contributed by atoms with Crippen molar-refractivity contribution in [3.05, 3.63) is 87.8 Å². The van der Waals surface area contributed by atoms with Crippen LogP contribution in [0.25, 0.3) is 22.6 Å². The van der Waals surface area contributed by atoms with Crippen molar-refractivity contribution in [3.8, 4) is 0 Å². The second-order valence-corrected chi connectivity index (χ2v) is 6.69. The summed E-state index contributed by atoms with van der Waals surface area (Å²) in [5.41, 5.74) is 3.38. The molecular formula is C23H17NO5. The molecular weight excluding hydrogens is 370 g/mol. The van der Waals surface area contributed by atoms with E-state index in [9.17, 15) is 14.4 Å². The molecule has 1 aromatic heterocycles. The second-order valence-electron chi connectivity index (χ2n) is 6.69. The smallest absolute Gasteiger partial charge is 0.328 e. The molecule has 0 radical (unpaired) electrons. The van der Waals surface area contributed by atoms with Crippen LogP contribution in [-0.2, 0) is 16.0 Å². The molecule has 1 aliphatic rings. The van der Waals surface area contributed by atoms with E-state index in [0.717, 1.165) is 29.7 Å². The largest absolute Gasteiger partial charge is 0.478 e. The number of amides is 1. The van der Waals surface area contributed by atoms with E-state index >= 15 is 0 Å². The van der Waals surface area contributed by atoms with Crippen LogP contribution in [0.5, 0.6) is 0 Å². The zero-order valence-electron chi connectivity index (χ0n) is 15.3. The molecule has 2 N–H and O–H groups in total.